The highest BCUT2D eigenvalue weighted by Crippen LogP contribution is 2.37. The molecular formula is C23H23N5O2S. The molecule has 0 radical (unpaired) electrons. The van der Waals surface area contributed by atoms with Gasteiger partial charge in [-0.05, 0) is 36.5 Å². The molecule has 1 aliphatic carbocycles. The standard InChI is InChI=1S/C23H23N5O2S/c24-21-20-19(26-12-27-21)17-5-4-15(11-18(17)31-20)14-2-1-3-16(10-14)23(30)28-8-6-13(7-9-28)22(25)29/h1-2,4-5,10-13,16H,3,6-9H2,(H2,25,29)(H2,24,26,27). The first kappa shape index (κ1) is 19.7. The van der Waals surface area contributed by atoms with Crippen LogP contribution in [0.5, 0.6) is 0 Å². The Morgan fingerprint density at radius 3 is 2.74 bits per heavy atom. The Hall–Kier alpha value is -3.26. The molecule has 0 bridgehead atoms. The van der Waals surface area contributed by atoms with E-state index < -0.39 is 0 Å². The lowest BCUT2D eigenvalue weighted by Gasteiger charge is -2.33. The lowest BCUT2D eigenvalue weighted by atomic mass is 9.89. The van der Waals surface area contributed by atoms with Crippen molar-refractivity contribution in [1.29, 1.82) is 0 Å². The van der Waals surface area contributed by atoms with Gasteiger partial charge in [0.15, 0.2) is 0 Å². The molecule has 1 atom stereocenters. The minimum absolute atomic E-state index is 0.117. The van der Waals surface area contributed by atoms with Crippen molar-refractivity contribution in [2.24, 2.45) is 17.6 Å². The van der Waals surface area contributed by atoms with Crippen molar-refractivity contribution in [2.45, 2.75) is 19.3 Å². The molecule has 8 heteroatoms. The fourth-order valence-corrected chi connectivity index (χ4v) is 5.53. The van der Waals surface area contributed by atoms with Gasteiger partial charge in [-0.3, -0.25) is 9.59 Å². The number of nitrogens with zero attached hydrogens (tertiary/aromatic N) is 3. The minimum Gasteiger partial charge on any atom is -0.382 e. The second-order valence-electron chi connectivity index (χ2n) is 8.12. The number of piperidine rings is 1. The van der Waals surface area contributed by atoms with Gasteiger partial charge in [-0.25, -0.2) is 9.97 Å². The Morgan fingerprint density at radius 2 is 1.97 bits per heavy atom. The third-order valence-corrected chi connectivity index (χ3v) is 7.37. The molecule has 1 aliphatic heterocycles. The zero-order valence-electron chi connectivity index (χ0n) is 17.0. The second kappa shape index (κ2) is 7.77. The highest BCUT2D eigenvalue weighted by molar-refractivity contribution is 7.26. The molecule has 5 rings (SSSR count). The summed E-state index contributed by atoms with van der Waals surface area (Å²) in [5.74, 6) is 0.0446. The number of allylic oxidation sites excluding steroid dienone is 3. The molecule has 1 saturated heterocycles. The number of carbonyl (C=O) groups is 2. The molecule has 3 heterocycles. The van der Waals surface area contributed by atoms with Crippen LogP contribution in [0.3, 0.4) is 0 Å². The van der Waals surface area contributed by atoms with Gasteiger partial charge in [0.1, 0.15) is 12.1 Å². The summed E-state index contributed by atoms with van der Waals surface area (Å²) in [4.78, 5) is 34.8. The largest absolute Gasteiger partial charge is 0.382 e. The molecule has 2 amide bonds. The summed E-state index contributed by atoms with van der Waals surface area (Å²) in [5, 5.41) is 1.06. The van der Waals surface area contributed by atoms with Gasteiger partial charge in [0.25, 0.3) is 0 Å². The molecular weight excluding hydrogens is 410 g/mol. The molecule has 4 N–H and O–H groups in total. The Kier molecular flexibility index (Phi) is 4.94. The molecule has 31 heavy (non-hydrogen) atoms. The molecule has 0 saturated carbocycles. The van der Waals surface area contributed by atoms with Crippen LogP contribution in [0.15, 0.2) is 42.8 Å². The van der Waals surface area contributed by atoms with E-state index in [0.29, 0.717) is 38.2 Å². The zero-order chi connectivity index (χ0) is 21.5. The Morgan fingerprint density at radius 1 is 1.16 bits per heavy atom. The Labute approximate surface area is 183 Å². The lowest BCUT2D eigenvalue weighted by Crippen LogP contribution is -2.44. The highest BCUT2D eigenvalue weighted by Gasteiger charge is 2.29. The van der Waals surface area contributed by atoms with E-state index in [1.807, 2.05) is 4.90 Å². The van der Waals surface area contributed by atoms with Crippen LogP contribution in [0, 0.1) is 11.8 Å². The van der Waals surface area contributed by atoms with E-state index in [2.05, 4.69) is 46.4 Å². The normalized spacial score (nSPS) is 19.7. The number of benzene rings is 1. The van der Waals surface area contributed by atoms with Crippen molar-refractivity contribution < 1.29 is 9.59 Å². The van der Waals surface area contributed by atoms with Gasteiger partial charge in [-0.15, -0.1) is 11.3 Å². The predicted molar refractivity (Wildman–Crippen MR) is 123 cm³/mol. The molecule has 7 nitrogen and oxygen atoms in total. The number of rotatable bonds is 3. The number of nitrogen functional groups attached to an aromatic ring is 1. The van der Waals surface area contributed by atoms with Crippen LogP contribution in [-0.2, 0) is 9.59 Å². The Balaban J connectivity index is 1.40. The number of hydrogen-bond donors (Lipinski definition) is 2. The maximum atomic E-state index is 13.1. The highest BCUT2D eigenvalue weighted by atomic mass is 32.1. The van der Waals surface area contributed by atoms with E-state index in [0.717, 1.165) is 31.4 Å². The van der Waals surface area contributed by atoms with E-state index in [1.54, 1.807) is 11.3 Å². The molecule has 1 aromatic carbocycles. The summed E-state index contributed by atoms with van der Waals surface area (Å²) in [6.45, 7) is 1.18. The number of aromatic nitrogens is 2. The maximum absolute atomic E-state index is 13.1. The molecule has 158 valence electrons. The summed E-state index contributed by atoms with van der Waals surface area (Å²) >= 11 is 1.58. The monoisotopic (exact) mass is 433 g/mol. The number of fused-ring (bicyclic) bond motifs is 3. The molecule has 3 aromatic rings. The topological polar surface area (TPSA) is 115 Å². The van der Waals surface area contributed by atoms with Crippen LogP contribution >= 0.6 is 11.3 Å². The quantitative estimate of drug-likeness (QED) is 0.658. The van der Waals surface area contributed by atoms with Crippen LogP contribution in [0.1, 0.15) is 24.8 Å². The lowest BCUT2D eigenvalue weighted by molar-refractivity contribution is -0.137. The van der Waals surface area contributed by atoms with Gasteiger partial charge in [0.2, 0.25) is 11.8 Å². The van der Waals surface area contributed by atoms with Crippen LogP contribution in [0.2, 0.25) is 0 Å². The van der Waals surface area contributed by atoms with Gasteiger partial charge in [0.05, 0.1) is 16.1 Å². The molecule has 2 aromatic heterocycles. The molecule has 0 spiro atoms. The van der Waals surface area contributed by atoms with E-state index in [9.17, 15) is 9.59 Å². The second-order valence-corrected chi connectivity index (χ2v) is 9.17. The van der Waals surface area contributed by atoms with Gasteiger partial charge in [-0.1, -0.05) is 30.4 Å². The van der Waals surface area contributed by atoms with Crippen LogP contribution in [-0.4, -0.2) is 39.8 Å². The van der Waals surface area contributed by atoms with Crippen molar-refractivity contribution in [1.82, 2.24) is 14.9 Å². The zero-order valence-corrected chi connectivity index (χ0v) is 17.8. The van der Waals surface area contributed by atoms with Gasteiger partial charge in [0, 0.05) is 29.1 Å². The van der Waals surface area contributed by atoms with Crippen molar-refractivity contribution in [3.05, 3.63) is 48.3 Å². The smallest absolute Gasteiger partial charge is 0.229 e. The van der Waals surface area contributed by atoms with Crippen molar-refractivity contribution in [2.75, 3.05) is 18.8 Å². The van der Waals surface area contributed by atoms with Crippen molar-refractivity contribution >= 4 is 54.8 Å². The van der Waals surface area contributed by atoms with Gasteiger partial charge < -0.3 is 16.4 Å². The first-order valence-corrected chi connectivity index (χ1v) is 11.2. The van der Waals surface area contributed by atoms with Gasteiger partial charge in [-0.2, -0.15) is 0 Å². The number of thiophene rings is 1. The number of anilines is 1. The predicted octanol–water partition coefficient (Wildman–Crippen LogP) is 3.11. The number of amides is 2. The van der Waals surface area contributed by atoms with E-state index >= 15 is 0 Å². The molecule has 1 unspecified atom stereocenters. The minimum atomic E-state index is -0.265. The van der Waals surface area contributed by atoms with E-state index in [1.165, 1.54) is 6.33 Å². The van der Waals surface area contributed by atoms with Crippen LogP contribution in [0.4, 0.5) is 5.82 Å². The Bertz CT molecular complexity index is 1250. The summed E-state index contributed by atoms with van der Waals surface area (Å²) in [6, 6.07) is 6.25. The average Bonchev–Trinajstić information content (AvgIpc) is 3.18. The van der Waals surface area contributed by atoms with Crippen molar-refractivity contribution in [3.63, 3.8) is 0 Å². The van der Waals surface area contributed by atoms with Crippen LogP contribution < -0.4 is 11.5 Å². The van der Waals surface area contributed by atoms with Crippen molar-refractivity contribution in [3.8, 4) is 0 Å². The number of primary amides is 1. The summed E-state index contributed by atoms with van der Waals surface area (Å²) in [6.07, 6.45) is 9.68. The fourth-order valence-electron chi connectivity index (χ4n) is 4.44. The third kappa shape index (κ3) is 3.57. The summed E-state index contributed by atoms with van der Waals surface area (Å²) in [7, 11) is 0. The maximum Gasteiger partial charge on any atom is 0.229 e. The van der Waals surface area contributed by atoms with Gasteiger partial charge >= 0.3 is 0 Å². The summed E-state index contributed by atoms with van der Waals surface area (Å²) < 4.78 is 1.99. The first-order valence-electron chi connectivity index (χ1n) is 10.4. The number of likely N-dealkylation sites (tertiary alicyclic amines) is 1. The first-order chi connectivity index (χ1) is 15.0. The van der Waals surface area contributed by atoms with E-state index in [-0.39, 0.29) is 23.7 Å². The SMILES string of the molecule is NC(=O)C1CCN(C(=O)C2C=C(c3ccc4c(c3)sc3c(N)ncnc34)C=CC2)CC1. The van der Waals surface area contributed by atoms with E-state index in [4.69, 9.17) is 11.5 Å². The number of nitrogens with two attached hydrogens (primary N) is 2. The third-order valence-electron chi connectivity index (χ3n) is 6.21. The number of hydrogen-bond acceptors (Lipinski definition) is 6. The average molecular weight is 434 g/mol. The summed E-state index contributed by atoms with van der Waals surface area (Å²) in [5.41, 5.74) is 14.4. The number of carbonyl (C=O) groups excluding carboxylic acids is 2. The molecule has 1 fully saturated rings. The molecule has 2 aliphatic rings. The van der Waals surface area contributed by atoms with Crippen LogP contribution in [0.25, 0.3) is 25.9 Å². The fraction of sp³-hybridized carbons (Fsp3) is 0.304.